The van der Waals surface area contributed by atoms with Crippen molar-refractivity contribution in [2.75, 3.05) is 13.7 Å². The van der Waals surface area contributed by atoms with Crippen LogP contribution in [-0.4, -0.2) is 63.8 Å². The molecule has 4 aromatic carbocycles. The lowest BCUT2D eigenvalue weighted by molar-refractivity contribution is -0.245. The number of aliphatic hydroxyl groups excluding tert-OH is 1. The van der Waals surface area contributed by atoms with E-state index in [-0.39, 0.29) is 18.8 Å². The minimum Gasteiger partial charge on any atom is -0.497 e. The van der Waals surface area contributed by atoms with Crippen molar-refractivity contribution in [1.29, 1.82) is 0 Å². The van der Waals surface area contributed by atoms with Crippen molar-refractivity contribution in [3.8, 4) is 5.75 Å². The van der Waals surface area contributed by atoms with E-state index in [9.17, 15) is 15.4 Å². The van der Waals surface area contributed by atoms with Crippen LogP contribution in [0.4, 0.5) is 0 Å². The van der Waals surface area contributed by atoms with Gasteiger partial charge in [0.2, 0.25) is 0 Å². The molecule has 1 saturated heterocycles. The molecule has 0 radical (unpaired) electrons. The van der Waals surface area contributed by atoms with Gasteiger partial charge in [0.05, 0.1) is 25.9 Å². The number of carbonyl (C=O) groups is 1. The van der Waals surface area contributed by atoms with Gasteiger partial charge in [0.1, 0.15) is 30.1 Å². The number of carbonyl (C=O) groups excluding carboxylic acids is 1. The summed E-state index contributed by atoms with van der Waals surface area (Å²) in [6, 6.07) is 34.5. The molecule has 0 saturated carbocycles. The molecule has 0 spiro atoms. The zero-order chi connectivity index (χ0) is 34.1. The molecule has 1 N–H and O–H groups in total. The molecule has 250 valence electrons. The molecule has 1 heterocycles. The van der Waals surface area contributed by atoms with Gasteiger partial charge in [-0.15, -0.1) is 0 Å². The van der Waals surface area contributed by atoms with Crippen LogP contribution in [0.25, 0.3) is 10.4 Å². The number of rotatable bonds is 12. The maximum atomic E-state index is 13.4. The number of methoxy groups -OCH3 is 1. The van der Waals surface area contributed by atoms with Crippen molar-refractivity contribution in [1.82, 2.24) is 0 Å². The van der Waals surface area contributed by atoms with Crippen LogP contribution in [0, 0.1) is 0 Å². The third kappa shape index (κ3) is 7.63. The van der Waals surface area contributed by atoms with Gasteiger partial charge in [-0.2, -0.15) is 0 Å². The van der Waals surface area contributed by atoms with E-state index < -0.39 is 50.0 Å². The summed E-state index contributed by atoms with van der Waals surface area (Å²) in [6.45, 7) is 6.51. The van der Waals surface area contributed by atoms with E-state index in [1.807, 2.05) is 84.9 Å². The summed E-state index contributed by atoms with van der Waals surface area (Å²) in [7, 11) is -1.67. The Labute approximate surface area is 282 Å². The Bertz CT molecular complexity index is 1620. The van der Waals surface area contributed by atoms with E-state index in [1.54, 1.807) is 37.4 Å². The molecule has 1 aliphatic heterocycles. The summed E-state index contributed by atoms with van der Waals surface area (Å²) >= 11 is 0. The van der Waals surface area contributed by atoms with Crippen molar-refractivity contribution in [3.05, 3.63) is 137 Å². The Balaban J connectivity index is 1.54. The number of hydrogen-bond donors (Lipinski definition) is 1. The van der Waals surface area contributed by atoms with Crippen molar-refractivity contribution in [2.24, 2.45) is 5.11 Å². The number of azide groups is 1. The Morgan fingerprint density at radius 3 is 1.98 bits per heavy atom. The van der Waals surface area contributed by atoms with Crippen LogP contribution in [0.1, 0.15) is 36.7 Å². The second-order valence-corrected chi connectivity index (χ2v) is 16.9. The Hall–Kier alpha value is -4.48. The third-order valence-corrected chi connectivity index (χ3v) is 13.5. The number of ether oxygens (including phenoxy) is 4. The van der Waals surface area contributed by atoms with Gasteiger partial charge in [-0.05, 0) is 50.8 Å². The molecule has 5 rings (SSSR count). The van der Waals surface area contributed by atoms with Crippen LogP contribution in [-0.2, 0) is 25.2 Å². The largest absolute Gasteiger partial charge is 0.497 e. The number of hydrogen-bond acceptors (Lipinski definition) is 8. The molecule has 48 heavy (non-hydrogen) atoms. The quantitative estimate of drug-likeness (QED) is 0.0666. The fourth-order valence-electron chi connectivity index (χ4n) is 6.10. The molecule has 0 bridgehead atoms. The highest BCUT2D eigenvalue weighted by atomic mass is 28.4. The van der Waals surface area contributed by atoms with Crippen LogP contribution >= 0.6 is 0 Å². The molecule has 1 fully saturated rings. The van der Waals surface area contributed by atoms with E-state index in [0.29, 0.717) is 0 Å². The zero-order valence-electron chi connectivity index (χ0n) is 27.5. The summed E-state index contributed by atoms with van der Waals surface area (Å²) in [5.74, 6) is 0.0436. The topological polar surface area (TPSA) is 132 Å². The molecular weight excluding hydrogens is 627 g/mol. The molecule has 4 aromatic rings. The molecule has 0 aliphatic carbocycles. The SMILES string of the molecule is COc1ccc(COCC2OC(O[Si](c3ccccc3)(c3ccccc3)C(C)(C)C)C(N=[N+]=[N-])C(OC(=O)c3ccccc3)C2O)cc1. The van der Waals surface area contributed by atoms with Gasteiger partial charge in [0.25, 0.3) is 8.32 Å². The second kappa shape index (κ2) is 15.6. The van der Waals surface area contributed by atoms with E-state index in [2.05, 4.69) is 30.8 Å². The van der Waals surface area contributed by atoms with Gasteiger partial charge in [0, 0.05) is 4.91 Å². The van der Waals surface area contributed by atoms with Gasteiger partial charge in [0.15, 0.2) is 6.29 Å². The Morgan fingerprint density at radius 1 is 0.896 bits per heavy atom. The smallest absolute Gasteiger partial charge is 0.338 e. The monoisotopic (exact) mass is 667 g/mol. The van der Waals surface area contributed by atoms with Crippen molar-refractivity contribution in [2.45, 2.75) is 63.1 Å². The highest BCUT2D eigenvalue weighted by molar-refractivity contribution is 6.99. The van der Waals surface area contributed by atoms with Gasteiger partial charge >= 0.3 is 5.97 Å². The standard InChI is InChI=1S/C37H41N3O7Si/c1-37(2,3)48(29-16-10-6-11-17-29,30-18-12-7-13-19-30)47-36-32(39-40-38)34(46-35(42)27-14-8-5-9-15-27)33(41)31(45-36)25-44-24-26-20-22-28(43-4)23-21-26/h5-23,31-34,36,41H,24-25H2,1-4H3. The van der Waals surface area contributed by atoms with Gasteiger partial charge in [-0.1, -0.05) is 117 Å². The molecule has 5 atom stereocenters. The maximum absolute atomic E-state index is 13.4. The number of aliphatic hydroxyl groups is 1. The lowest BCUT2D eigenvalue weighted by atomic mass is 9.97. The first-order valence-electron chi connectivity index (χ1n) is 15.8. The molecular formula is C37H41N3O7Si. The molecule has 0 amide bonds. The summed E-state index contributed by atoms with van der Waals surface area (Å²) in [5, 5.41) is 17.2. The van der Waals surface area contributed by atoms with Gasteiger partial charge in [-0.3, -0.25) is 0 Å². The first kappa shape index (κ1) is 34.8. The summed E-state index contributed by atoms with van der Waals surface area (Å²) in [6.07, 6.45) is -4.91. The highest BCUT2D eigenvalue weighted by Crippen LogP contribution is 2.40. The van der Waals surface area contributed by atoms with Gasteiger partial charge < -0.3 is 28.5 Å². The van der Waals surface area contributed by atoms with E-state index in [4.69, 9.17) is 23.4 Å². The Morgan fingerprint density at radius 2 is 1.46 bits per heavy atom. The summed E-state index contributed by atoms with van der Waals surface area (Å²) < 4.78 is 31.0. The maximum Gasteiger partial charge on any atom is 0.338 e. The highest BCUT2D eigenvalue weighted by Gasteiger charge is 2.56. The van der Waals surface area contributed by atoms with E-state index in [1.165, 1.54) is 0 Å². The predicted octanol–water partition coefficient (Wildman–Crippen LogP) is 5.78. The van der Waals surface area contributed by atoms with Crippen LogP contribution in [0.15, 0.2) is 120 Å². The fraction of sp³-hybridized carbons (Fsp3) is 0.324. The number of benzene rings is 4. The molecule has 10 nitrogen and oxygen atoms in total. The molecule has 5 unspecified atom stereocenters. The predicted molar refractivity (Wildman–Crippen MR) is 185 cm³/mol. The lowest BCUT2D eigenvalue weighted by Gasteiger charge is -2.49. The van der Waals surface area contributed by atoms with E-state index >= 15 is 0 Å². The Kier molecular flexibility index (Phi) is 11.3. The van der Waals surface area contributed by atoms with Crippen LogP contribution in [0.3, 0.4) is 0 Å². The second-order valence-electron chi connectivity index (χ2n) is 12.6. The first-order valence-corrected chi connectivity index (χ1v) is 17.7. The number of esters is 1. The van der Waals surface area contributed by atoms with Crippen molar-refractivity contribution >= 4 is 24.7 Å². The minimum absolute atomic E-state index is 0.0593. The van der Waals surface area contributed by atoms with Gasteiger partial charge in [-0.25, -0.2) is 4.79 Å². The van der Waals surface area contributed by atoms with Crippen molar-refractivity contribution in [3.63, 3.8) is 0 Å². The van der Waals surface area contributed by atoms with Crippen LogP contribution in [0.5, 0.6) is 5.75 Å². The number of nitrogens with zero attached hydrogens (tertiary/aromatic N) is 3. The normalized spacial score (nSPS) is 21.1. The molecule has 1 aliphatic rings. The zero-order valence-corrected chi connectivity index (χ0v) is 28.5. The van der Waals surface area contributed by atoms with E-state index in [0.717, 1.165) is 21.7 Å². The average molecular weight is 668 g/mol. The fourth-order valence-corrected chi connectivity index (χ4v) is 10.7. The molecule has 0 aromatic heterocycles. The van der Waals surface area contributed by atoms with Crippen LogP contribution in [0.2, 0.25) is 5.04 Å². The summed E-state index contributed by atoms with van der Waals surface area (Å²) in [4.78, 5) is 16.5. The summed E-state index contributed by atoms with van der Waals surface area (Å²) in [5.41, 5.74) is 10.9. The third-order valence-electron chi connectivity index (χ3n) is 8.50. The average Bonchev–Trinajstić information content (AvgIpc) is 3.11. The van der Waals surface area contributed by atoms with Crippen molar-refractivity contribution < 1.29 is 33.3 Å². The lowest BCUT2D eigenvalue weighted by Crippen LogP contribution is -2.71. The van der Waals surface area contributed by atoms with Crippen LogP contribution < -0.4 is 15.1 Å². The first-order chi connectivity index (χ1) is 23.2. The molecule has 11 heteroatoms. The minimum atomic E-state index is -3.27.